The minimum Gasteiger partial charge on any atom is -0.462 e. The molecule has 6 fully saturated rings. The van der Waals surface area contributed by atoms with Crippen LogP contribution in [0.1, 0.15) is 62.8 Å². The molecule has 2 saturated carbocycles. The van der Waals surface area contributed by atoms with Gasteiger partial charge in [0.25, 0.3) is 0 Å². The fourth-order valence-electron chi connectivity index (χ4n) is 10.7. The zero-order chi connectivity index (χ0) is 63.1. The number of halogens is 4. The summed E-state index contributed by atoms with van der Waals surface area (Å²) in [6.07, 6.45) is -14.5. The molecule has 24 nitrogen and oxygen atoms in total. The summed E-state index contributed by atoms with van der Waals surface area (Å²) < 4.78 is 73.7. The maximum absolute atomic E-state index is 15.0. The van der Waals surface area contributed by atoms with Crippen molar-refractivity contribution in [3.63, 3.8) is 0 Å². The van der Waals surface area contributed by atoms with Gasteiger partial charge in [-0.25, -0.2) is 8.78 Å². The lowest BCUT2D eigenvalue weighted by atomic mass is 9.83. The van der Waals surface area contributed by atoms with Gasteiger partial charge >= 0.3 is 0 Å². The third kappa shape index (κ3) is 16.0. The highest BCUT2D eigenvalue weighted by Crippen LogP contribution is 2.34. The van der Waals surface area contributed by atoms with Gasteiger partial charge in [0.05, 0.1) is 35.7 Å². The fraction of sp³-hybridized carbons (Fsp3) is 0.467. The predicted octanol–water partition coefficient (Wildman–Crippen LogP) is 3.30. The number of ether oxygens (including phenoxy) is 8. The number of aliphatic hydroxyl groups is 8. The zero-order valence-corrected chi connectivity index (χ0v) is 49.3. The van der Waals surface area contributed by atoms with Crippen LogP contribution in [0.15, 0.2) is 106 Å². The molecule has 0 radical (unpaired) electrons. The quantitative estimate of drug-likeness (QED) is 0.0388. The molecule has 0 aromatic heterocycles. The Labute approximate surface area is 513 Å². The Hall–Kier alpha value is -6.28. The number of carbonyl (C=O) groups excluding carboxylic acids is 2. The third-order valence-electron chi connectivity index (χ3n) is 15.4. The van der Waals surface area contributed by atoms with E-state index in [-0.39, 0.29) is 62.3 Å². The largest absolute Gasteiger partial charge is 0.462 e. The minimum atomic E-state index is -1.49. The first-order valence-electron chi connectivity index (χ1n) is 28.0. The number of fused-ring (bicyclic) bond motifs is 2. The van der Waals surface area contributed by atoms with Crippen LogP contribution in [0.4, 0.5) is 8.78 Å². The molecule has 18 atom stereocenters. The summed E-state index contributed by atoms with van der Waals surface area (Å²) in [5, 5.41) is 97.8. The predicted molar refractivity (Wildman–Crippen MR) is 308 cm³/mol. The smallest absolute Gasteiger partial charge is 0.247 e. The highest BCUT2D eigenvalue weighted by atomic mass is 35.5. The van der Waals surface area contributed by atoms with E-state index in [2.05, 4.69) is 20.9 Å². The first kappa shape index (κ1) is 66.1. The maximum Gasteiger partial charge on any atom is 0.247 e. The summed E-state index contributed by atoms with van der Waals surface area (Å²) in [5.74, 6) is -2.99. The van der Waals surface area contributed by atoms with Crippen LogP contribution in [-0.4, -0.2) is 188 Å². The molecule has 4 aromatic carbocycles. The fourth-order valence-corrected chi connectivity index (χ4v) is 11.1. The van der Waals surface area contributed by atoms with Crippen LogP contribution in [-0.2, 0) is 60.9 Å². The van der Waals surface area contributed by atoms with Gasteiger partial charge in [-0.2, -0.15) is 0 Å². The molecule has 0 bridgehead atoms. The summed E-state index contributed by atoms with van der Waals surface area (Å²) in [4.78, 5) is 36.4. The van der Waals surface area contributed by atoms with E-state index < -0.39 is 134 Å². The standard InChI is InChI=1S/2C30H34ClFN2O10/c2*1-14(30(39)33-23-24(36)26(38)29-28(25(23)37)40-13-41-29)8-16-6-7-21(19(32)10-16)43-22-11-20(35)27(44-22)15(2)34-42-12-17-4-3-5-18(31)9-17/h2*3-10,20,22-29,35-38H,11-13H2,1-2H3,(H,33,39)/b2*14-8+,34-15?/t20-,22?,23?,24-,25+,26+,27+,28-,29+;20-,22+,23?,24-,25+,26+,27+,28-,29+/m00/s1. The molecule has 476 valence electrons. The Kier molecular flexibility index (Phi) is 22.2. The van der Waals surface area contributed by atoms with Crippen molar-refractivity contribution in [1.82, 2.24) is 10.6 Å². The Balaban J connectivity index is 0.000000209. The average molecular weight is 1270 g/mol. The number of amides is 2. The second-order valence-corrected chi connectivity index (χ2v) is 22.7. The Morgan fingerprint density at radius 2 is 0.920 bits per heavy atom. The molecule has 10 rings (SSSR count). The van der Waals surface area contributed by atoms with E-state index in [4.69, 9.17) is 70.8 Å². The summed E-state index contributed by atoms with van der Waals surface area (Å²) in [7, 11) is 0. The van der Waals surface area contributed by atoms with E-state index in [1.54, 1.807) is 50.2 Å². The van der Waals surface area contributed by atoms with Gasteiger partial charge in [-0.05, 0) is 111 Å². The van der Waals surface area contributed by atoms with Crippen molar-refractivity contribution >= 4 is 58.6 Å². The lowest BCUT2D eigenvalue weighted by molar-refractivity contribution is -0.155. The number of benzene rings is 4. The Bertz CT molecular complexity index is 3030. The molecular formula is C60H68Cl2F2N4O20. The molecule has 3 unspecified atom stereocenters. The van der Waals surface area contributed by atoms with E-state index in [0.29, 0.717) is 32.6 Å². The number of carbonyl (C=O) groups is 2. The second kappa shape index (κ2) is 29.6. The normalized spacial score (nSPS) is 32.3. The van der Waals surface area contributed by atoms with E-state index in [1.807, 2.05) is 12.1 Å². The van der Waals surface area contributed by atoms with Gasteiger partial charge in [-0.3, -0.25) is 9.59 Å². The molecule has 6 aliphatic rings. The van der Waals surface area contributed by atoms with Gasteiger partial charge in [-0.15, -0.1) is 0 Å². The van der Waals surface area contributed by atoms with E-state index >= 15 is 0 Å². The van der Waals surface area contributed by atoms with E-state index in [1.165, 1.54) is 50.3 Å². The van der Waals surface area contributed by atoms with Gasteiger partial charge in [0.2, 0.25) is 24.4 Å². The van der Waals surface area contributed by atoms with Crippen molar-refractivity contribution in [2.45, 2.75) is 164 Å². The highest BCUT2D eigenvalue weighted by molar-refractivity contribution is 6.30. The number of nitrogens with zero attached hydrogens (tertiary/aromatic N) is 2. The molecule has 4 aliphatic heterocycles. The van der Waals surface area contributed by atoms with E-state index in [0.717, 1.165) is 23.3 Å². The molecule has 0 spiro atoms. The van der Waals surface area contributed by atoms with E-state index in [9.17, 15) is 59.2 Å². The molecule has 28 heteroatoms. The van der Waals surface area contributed by atoms with Crippen molar-refractivity contribution < 1.29 is 107 Å². The SMILES string of the molecule is CC(=NOCc1cccc(Cl)c1)[C@H]1OC(Oc2ccc(/C=C(\C)C(=O)NC3[C@@H](O)[C@@H]4OCO[C@@H]4[C@H](O)[C@H]3O)cc2F)C[C@@H]1O.CC(=NOCc1cccc(Cl)c1)[C@H]1O[C@@H](Oc2ccc(/C=C(\C)C(=O)NC3[C@@H](O)[C@@H]4OCO[C@@H]4[C@H](O)[C@H]3O)cc2F)C[C@@H]1O. The number of aliphatic hydroxyl groups excluding tert-OH is 8. The van der Waals surface area contributed by atoms with Gasteiger partial charge in [0.1, 0.15) is 100 Å². The summed E-state index contributed by atoms with van der Waals surface area (Å²) in [6, 6.07) is 19.9. The monoisotopic (exact) mass is 1270 g/mol. The molecule has 4 saturated heterocycles. The topological polar surface area (TPSA) is 337 Å². The van der Waals surface area contributed by atoms with Crippen LogP contribution < -0.4 is 20.1 Å². The lowest BCUT2D eigenvalue weighted by Crippen LogP contribution is -2.67. The van der Waals surface area contributed by atoms with Gasteiger partial charge < -0.3 is 99.1 Å². The van der Waals surface area contributed by atoms with Crippen LogP contribution >= 0.6 is 23.2 Å². The van der Waals surface area contributed by atoms with Crippen LogP contribution in [0.3, 0.4) is 0 Å². The number of oxime groups is 2. The first-order valence-corrected chi connectivity index (χ1v) is 28.7. The van der Waals surface area contributed by atoms with Crippen molar-refractivity contribution in [2.24, 2.45) is 10.3 Å². The second-order valence-electron chi connectivity index (χ2n) is 21.8. The molecule has 10 N–H and O–H groups in total. The number of rotatable bonds is 18. The van der Waals surface area contributed by atoms with Crippen molar-refractivity contribution in [3.8, 4) is 11.5 Å². The number of nitrogens with one attached hydrogen (secondary N) is 2. The summed E-state index contributed by atoms with van der Waals surface area (Å²) in [5.41, 5.74) is 3.38. The zero-order valence-electron chi connectivity index (χ0n) is 47.8. The van der Waals surface area contributed by atoms with Crippen molar-refractivity contribution in [3.05, 3.63) is 140 Å². The Morgan fingerprint density at radius 1 is 0.545 bits per heavy atom. The molecular weight excluding hydrogens is 1210 g/mol. The minimum absolute atomic E-state index is 0.0680. The highest BCUT2D eigenvalue weighted by Gasteiger charge is 2.55. The average Bonchev–Trinajstić information content (AvgIpc) is 2.42. The molecule has 2 aliphatic carbocycles. The van der Waals surface area contributed by atoms with Crippen molar-refractivity contribution in [2.75, 3.05) is 13.6 Å². The van der Waals surface area contributed by atoms with Crippen LogP contribution in [0.5, 0.6) is 11.5 Å². The van der Waals surface area contributed by atoms with Gasteiger partial charge in [0.15, 0.2) is 23.1 Å². The van der Waals surface area contributed by atoms with Gasteiger partial charge in [-0.1, -0.05) is 69.9 Å². The van der Waals surface area contributed by atoms with Crippen LogP contribution in [0.25, 0.3) is 12.2 Å². The van der Waals surface area contributed by atoms with Crippen LogP contribution in [0.2, 0.25) is 10.0 Å². The number of hydrogen-bond acceptors (Lipinski definition) is 22. The summed E-state index contributed by atoms with van der Waals surface area (Å²) >= 11 is 11.9. The molecule has 2 amide bonds. The molecule has 88 heavy (non-hydrogen) atoms. The lowest BCUT2D eigenvalue weighted by Gasteiger charge is -2.41. The van der Waals surface area contributed by atoms with Crippen LogP contribution in [0, 0.1) is 11.6 Å². The maximum atomic E-state index is 15.0. The third-order valence-corrected chi connectivity index (χ3v) is 15.8. The first-order chi connectivity index (χ1) is 42.0. The molecule has 4 heterocycles. The molecule has 4 aromatic rings. The van der Waals surface area contributed by atoms with Gasteiger partial charge in [0, 0.05) is 34.0 Å². The Morgan fingerprint density at radius 3 is 1.28 bits per heavy atom. The van der Waals surface area contributed by atoms with Crippen molar-refractivity contribution in [1.29, 1.82) is 0 Å². The number of hydrogen-bond donors (Lipinski definition) is 10. The summed E-state index contributed by atoms with van der Waals surface area (Å²) in [6.45, 7) is 6.28.